The normalized spacial score (nSPS) is 11.6. The number of carbonyl (C=O) groups excluding carboxylic acids is 1. The van der Waals surface area contributed by atoms with Crippen LogP contribution in [0.25, 0.3) is 21.3 Å². The lowest BCUT2D eigenvalue weighted by Crippen LogP contribution is -2.24. The minimum absolute atomic E-state index is 0.208. The van der Waals surface area contributed by atoms with E-state index >= 15 is 0 Å². The van der Waals surface area contributed by atoms with E-state index in [9.17, 15) is 13.2 Å². The summed E-state index contributed by atoms with van der Waals surface area (Å²) in [6.07, 6.45) is 1.16. The van der Waals surface area contributed by atoms with Gasteiger partial charge in [0.1, 0.15) is 0 Å². The van der Waals surface area contributed by atoms with Crippen LogP contribution in [0.15, 0.2) is 53.9 Å². The Bertz CT molecular complexity index is 1360. The highest BCUT2D eigenvalue weighted by Gasteiger charge is 2.15. The summed E-state index contributed by atoms with van der Waals surface area (Å²) in [6.45, 7) is 1.96. The Balaban J connectivity index is 1.58. The van der Waals surface area contributed by atoms with E-state index in [-0.39, 0.29) is 5.91 Å². The second kappa shape index (κ2) is 7.82. The third kappa shape index (κ3) is 4.23. The number of benzene rings is 2. The molecule has 0 aliphatic rings. The van der Waals surface area contributed by atoms with Gasteiger partial charge in [0.2, 0.25) is 10.0 Å². The lowest BCUT2D eigenvalue weighted by molar-refractivity contribution is 0.103. The molecule has 2 aromatic carbocycles. The third-order valence-corrected chi connectivity index (χ3v) is 7.71. The van der Waals surface area contributed by atoms with Gasteiger partial charge in [0.15, 0.2) is 0 Å². The van der Waals surface area contributed by atoms with Crippen LogP contribution in [-0.4, -0.2) is 32.6 Å². The average Bonchev–Trinajstić information content (AvgIpc) is 3.32. The summed E-state index contributed by atoms with van der Waals surface area (Å²) in [5, 5.41) is 6.75. The lowest BCUT2D eigenvalue weighted by Gasteiger charge is -2.16. The van der Waals surface area contributed by atoms with Crippen LogP contribution in [0.2, 0.25) is 0 Å². The number of fused-ring (bicyclic) bond motifs is 1. The monoisotopic (exact) mass is 457 g/mol. The van der Waals surface area contributed by atoms with Gasteiger partial charge in [-0.25, -0.2) is 13.4 Å². The first-order chi connectivity index (χ1) is 14.2. The van der Waals surface area contributed by atoms with Crippen LogP contribution in [-0.2, 0) is 10.0 Å². The van der Waals surface area contributed by atoms with E-state index in [2.05, 4.69) is 10.3 Å². The van der Waals surface area contributed by atoms with Crippen molar-refractivity contribution in [2.24, 2.45) is 0 Å². The molecule has 0 aliphatic carbocycles. The molecule has 0 spiro atoms. The SMILES string of the molecule is Cc1nc(-c2cccc(NC(=O)c3cc4cc(N(C)S(C)(=O)=O)ccc4s3)c2)cs1. The van der Waals surface area contributed by atoms with E-state index in [1.54, 1.807) is 29.5 Å². The molecule has 0 radical (unpaired) electrons. The predicted molar refractivity (Wildman–Crippen MR) is 125 cm³/mol. The number of aryl methyl sites for hydroxylation is 1. The van der Waals surface area contributed by atoms with Gasteiger partial charge in [0, 0.05) is 28.4 Å². The molecule has 30 heavy (non-hydrogen) atoms. The van der Waals surface area contributed by atoms with Gasteiger partial charge in [-0.3, -0.25) is 9.10 Å². The first-order valence-corrected chi connectivity index (χ1v) is 12.6. The van der Waals surface area contributed by atoms with Crippen molar-refractivity contribution in [2.75, 3.05) is 22.9 Å². The van der Waals surface area contributed by atoms with Crippen LogP contribution < -0.4 is 9.62 Å². The van der Waals surface area contributed by atoms with E-state index in [0.29, 0.717) is 16.3 Å². The second-order valence-electron chi connectivity index (χ2n) is 6.85. The quantitative estimate of drug-likeness (QED) is 0.458. The summed E-state index contributed by atoms with van der Waals surface area (Å²) in [6, 6.07) is 14.7. The Labute approximate surface area is 182 Å². The number of aromatic nitrogens is 1. The van der Waals surface area contributed by atoms with Gasteiger partial charge in [-0.15, -0.1) is 22.7 Å². The van der Waals surface area contributed by atoms with E-state index < -0.39 is 10.0 Å². The van der Waals surface area contributed by atoms with Gasteiger partial charge in [-0.05, 0) is 48.7 Å². The molecule has 9 heteroatoms. The van der Waals surface area contributed by atoms with Crippen LogP contribution in [0.4, 0.5) is 11.4 Å². The average molecular weight is 458 g/mol. The molecule has 4 aromatic rings. The standard InChI is InChI=1S/C21H19N3O3S3/c1-13-22-18(12-28-13)14-5-4-6-16(9-14)23-21(25)20-11-15-10-17(7-8-19(15)29-20)24(2)30(3,26)27/h4-12H,1-3H3,(H,23,25). The van der Waals surface area contributed by atoms with Crippen LogP contribution in [0, 0.1) is 6.92 Å². The lowest BCUT2D eigenvalue weighted by atomic mass is 10.1. The number of thiophene rings is 1. The fourth-order valence-corrected chi connectivity index (χ4v) is 5.03. The number of anilines is 2. The zero-order chi connectivity index (χ0) is 21.5. The number of rotatable bonds is 5. The first kappa shape index (κ1) is 20.5. The highest BCUT2D eigenvalue weighted by atomic mass is 32.2. The van der Waals surface area contributed by atoms with Crippen molar-refractivity contribution in [3.8, 4) is 11.3 Å². The molecule has 4 rings (SSSR count). The Hall–Kier alpha value is -2.75. The maximum Gasteiger partial charge on any atom is 0.265 e. The van der Waals surface area contributed by atoms with Crippen LogP contribution in [0.1, 0.15) is 14.7 Å². The molecule has 0 aliphatic heterocycles. The molecule has 0 saturated carbocycles. The van der Waals surface area contributed by atoms with Crippen molar-refractivity contribution >= 4 is 60.1 Å². The van der Waals surface area contributed by atoms with Crippen molar-refractivity contribution < 1.29 is 13.2 Å². The maximum absolute atomic E-state index is 12.8. The molecule has 154 valence electrons. The first-order valence-electron chi connectivity index (χ1n) is 9.02. The third-order valence-electron chi connectivity index (χ3n) is 4.62. The zero-order valence-corrected chi connectivity index (χ0v) is 19.0. The molecule has 6 nitrogen and oxygen atoms in total. The minimum atomic E-state index is -3.35. The molecular formula is C21H19N3O3S3. The van der Waals surface area contributed by atoms with Gasteiger partial charge in [0.25, 0.3) is 5.91 Å². The van der Waals surface area contributed by atoms with Gasteiger partial charge in [0.05, 0.1) is 27.5 Å². The van der Waals surface area contributed by atoms with Crippen molar-refractivity contribution in [2.45, 2.75) is 6.92 Å². The summed E-state index contributed by atoms with van der Waals surface area (Å²) in [4.78, 5) is 17.8. The molecule has 1 amide bonds. The zero-order valence-electron chi connectivity index (χ0n) is 16.5. The maximum atomic E-state index is 12.8. The van der Waals surface area contributed by atoms with Gasteiger partial charge < -0.3 is 5.32 Å². The van der Waals surface area contributed by atoms with Crippen LogP contribution in [0.3, 0.4) is 0 Å². The fourth-order valence-electron chi connectivity index (χ4n) is 2.97. The van der Waals surface area contributed by atoms with Gasteiger partial charge >= 0.3 is 0 Å². The number of nitrogens with zero attached hydrogens (tertiary/aromatic N) is 2. The topological polar surface area (TPSA) is 79.4 Å². The minimum Gasteiger partial charge on any atom is -0.321 e. The second-order valence-corrected chi connectivity index (χ2v) is 11.0. The Kier molecular flexibility index (Phi) is 5.35. The van der Waals surface area contributed by atoms with Gasteiger partial charge in [-0.2, -0.15) is 0 Å². The predicted octanol–water partition coefficient (Wildman–Crippen LogP) is 4.98. The van der Waals surface area contributed by atoms with E-state index in [1.165, 1.54) is 22.7 Å². The summed E-state index contributed by atoms with van der Waals surface area (Å²) in [7, 11) is -1.84. The van der Waals surface area contributed by atoms with E-state index in [0.717, 1.165) is 32.6 Å². The number of carbonyl (C=O) groups is 1. The molecule has 0 bridgehead atoms. The van der Waals surface area contributed by atoms with Crippen molar-refractivity contribution in [1.29, 1.82) is 0 Å². The Morgan fingerprint density at radius 2 is 1.93 bits per heavy atom. The highest BCUT2D eigenvalue weighted by Crippen LogP contribution is 2.31. The highest BCUT2D eigenvalue weighted by molar-refractivity contribution is 7.92. The Morgan fingerprint density at radius 3 is 2.63 bits per heavy atom. The number of thiazole rings is 1. The molecular weight excluding hydrogens is 438 g/mol. The molecule has 0 atom stereocenters. The molecule has 1 N–H and O–H groups in total. The molecule has 0 unspecified atom stereocenters. The summed E-state index contributed by atoms with van der Waals surface area (Å²) in [5.74, 6) is -0.208. The molecule has 2 aromatic heterocycles. The summed E-state index contributed by atoms with van der Waals surface area (Å²) in [5.41, 5.74) is 3.08. The number of nitrogens with one attached hydrogen (secondary N) is 1. The number of hydrogen-bond donors (Lipinski definition) is 1. The summed E-state index contributed by atoms with van der Waals surface area (Å²) >= 11 is 2.95. The van der Waals surface area contributed by atoms with Crippen LogP contribution in [0.5, 0.6) is 0 Å². The number of hydrogen-bond acceptors (Lipinski definition) is 6. The van der Waals surface area contributed by atoms with E-state index in [4.69, 9.17) is 0 Å². The van der Waals surface area contributed by atoms with Crippen molar-refractivity contribution in [1.82, 2.24) is 4.98 Å². The van der Waals surface area contributed by atoms with Crippen LogP contribution >= 0.6 is 22.7 Å². The van der Waals surface area contributed by atoms with E-state index in [1.807, 2.05) is 42.6 Å². The fraction of sp³-hybridized carbons (Fsp3) is 0.143. The molecule has 0 fully saturated rings. The van der Waals surface area contributed by atoms with Crippen molar-refractivity contribution in [3.05, 3.63) is 63.8 Å². The number of amides is 1. The molecule has 0 saturated heterocycles. The Morgan fingerprint density at radius 1 is 1.13 bits per heavy atom. The molecule has 2 heterocycles. The summed E-state index contributed by atoms with van der Waals surface area (Å²) < 4.78 is 25.7. The smallest absolute Gasteiger partial charge is 0.265 e. The number of sulfonamides is 1. The van der Waals surface area contributed by atoms with Gasteiger partial charge in [-0.1, -0.05) is 12.1 Å². The largest absolute Gasteiger partial charge is 0.321 e. The van der Waals surface area contributed by atoms with Crippen molar-refractivity contribution in [3.63, 3.8) is 0 Å².